The third kappa shape index (κ3) is 5.01. The van der Waals surface area contributed by atoms with Crippen LogP contribution in [0.5, 0.6) is 0 Å². The summed E-state index contributed by atoms with van der Waals surface area (Å²) in [7, 11) is 0. The first-order chi connectivity index (χ1) is 17.5. The Kier molecular flexibility index (Phi) is 7.54. The van der Waals surface area contributed by atoms with E-state index in [1.54, 1.807) is 13.8 Å². The van der Waals surface area contributed by atoms with Gasteiger partial charge in [-0.2, -0.15) is 0 Å². The fourth-order valence-corrected chi connectivity index (χ4v) is 9.12. The number of ketones is 1. The van der Waals surface area contributed by atoms with Gasteiger partial charge in [0.2, 0.25) is 0 Å². The maximum atomic E-state index is 12.4. The minimum atomic E-state index is -1.43. The molecule has 4 N–H and O–H groups in total. The standard InChI is InChI=1S/C31H46O7/c1-18(6-11-25(32)28(2,3)37)22-9-10-23-21-8-7-19-15-31(38,17-27(35)36)16-20(14-26(33)34)30(19,5)24(21)12-13-29(22,23)4/h7-8,18,20,22-24,37-38H,6,9-17H2,1-5H3,(H,33,34)(H,35,36)/t18-,20+,22-,23+,24+,29-,30-,31-/m1/s1. The summed E-state index contributed by atoms with van der Waals surface area (Å²) >= 11 is 0. The number of carbonyl (C=O) groups excluding carboxylic acids is 1. The summed E-state index contributed by atoms with van der Waals surface area (Å²) in [5.74, 6) is -1.03. The van der Waals surface area contributed by atoms with Gasteiger partial charge in [-0.1, -0.05) is 44.1 Å². The molecule has 0 aromatic carbocycles. The van der Waals surface area contributed by atoms with E-state index in [0.717, 1.165) is 37.7 Å². The Morgan fingerprint density at radius 1 is 1.05 bits per heavy atom. The number of aliphatic carboxylic acids is 2. The summed E-state index contributed by atoms with van der Waals surface area (Å²) in [4.78, 5) is 35.8. The maximum absolute atomic E-state index is 12.4. The van der Waals surface area contributed by atoms with Crippen LogP contribution in [0.15, 0.2) is 23.3 Å². The molecule has 4 rings (SSSR count). The highest BCUT2D eigenvalue weighted by Crippen LogP contribution is 2.68. The van der Waals surface area contributed by atoms with E-state index in [1.165, 1.54) is 5.57 Å². The average molecular weight is 531 g/mol. The molecule has 3 fully saturated rings. The predicted octanol–water partition coefficient (Wildman–Crippen LogP) is 5.15. The molecule has 0 aromatic rings. The largest absolute Gasteiger partial charge is 0.481 e. The Labute approximate surface area is 226 Å². The third-order valence-electron chi connectivity index (χ3n) is 11.2. The highest BCUT2D eigenvalue weighted by molar-refractivity contribution is 5.86. The van der Waals surface area contributed by atoms with Gasteiger partial charge >= 0.3 is 11.9 Å². The molecule has 38 heavy (non-hydrogen) atoms. The number of fused-ring (bicyclic) bond motifs is 5. The van der Waals surface area contributed by atoms with Gasteiger partial charge in [0.15, 0.2) is 5.78 Å². The number of rotatable bonds is 9. The fourth-order valence-electron chi connectivity index (χ4n) is 9.12. The summed E-state index contributed by atoms with van der Waals surface area (Å²) in [6, 6.07) is 0. The van der Waals surface area contributed by atoms with Crippen molar-refractivity contribution >= 4 is 17.7 Å². The average Bonchev–Trinajstić information content (AvgIpc) is 3.14. The number of aliphatic hydroxyl groups is 2. The van der Waals surface area contributed by atoms with Crippen LogP contribution in [0.4, 0.5) is 0 Å². The van der Waals surface area contributed by atoms with Crippen LogP contribution in [0, 0.1) is 40.4 Å². The number of hydrogen-bond donors (Lipinski definition) is 4. The lowest BCUT2D eigenvalue weighted by molar-refractivity contribution is -0.148. The van der Waals surface area contributed by atoms with Crippen LogP contribution in [0.2, 0.25) is 0 Å². The van der Waals surface area contributed by atoms with Crippen LogP contribution >= 0.6 is 0 Å². The second-order valence-electron chi connectivity index (χ2n) is 13.9. The number of allylic oxidation sites excluding steroid dienone is 3. The molecular formula is C31H46O7. The van der Waals surface area contributed by atoms with Crippen molar-refractivity contribution in [1.29, 1.82) is 0 Å². The molecule has 0 aromatic heterocycles. The predicted molar refractivity (Wildman–Crippen MR) is 143 cm³/mol. The maximum Gasteiger partial charge on any atom is 0.306 e. The Hall–Kier alpha value is -1.99. The molecule has 0 radical (unpaired) electrons. The van der Waals surface area contributed by atoms with Gasteiger partial charge in [-0.25, -0.2) is 0 Å². The molecule has 0 heterocycles. The van der Waals surface area contributed by atoms with Crippen molar-refractivity contribution in [1.82, 2.24) is 0 Å². The van der Waals surface area contributed by atoms with Gasteiger partial charge in [0.25, 0.3) is 0 Å². The van der Waals surface area contributed by atoms with Crippen molar-refractivity contribution in [2.75, 3.05) is 0 Å². The minimum absolute atomic E-state index is 0.0869. The van der Waals surface area contributed by atoms with E-state index in [4.69, 9.17) is 0 Å². The Morgan fingerprint density at radius 2 is 1.74 bits per heavy atom. The van der Waals surface area contributed by atoms with Crippen molar-refractivity contribution in [3.63, 3.8) is 0 Å². The molecule has 0 spiro atoms. The molecule has 7 heteroatoms. The molecule has 3 saturated carbocycles. The van der Waals surface area contributed by atoms with Crippen LogP contribution < -0.4 is 0 Å². The summed E-state index contributed by atoms with van der Waals surface area (Å²) in [6.07, 6.45) is 9.52. The van der Waals surface area contributed by atoms with E-state index >= 15 is 0 Å². The fraction of sp³-hybridized carbons (Fsp3) is 0.774. The summed E-state index contributed by atoms with van der Waals surface area (Å²) in [5, 5.41) is 40.5. The smallest absolute Gasteiger partial charge is 0.306 e. The van der Waals surface area contributed by atoms with E-state index in [-0.39, 0.29) is 48.7 Å². The Balaban J connectivity index is 1.61. The molecule has 0 saturated heterocycles. The van der Waals surface area contributed by atoms with Gasteiger partial charge in [-0.15, -0.1) is 0 Å². The summed E-state index contributed by atoms with van der Waals surface area (Å²) in [6.45, 7) is 9.90. The summed E-state index contributed by atoms with van der Waals surface area (Å²) in [5.41, 5.74) is -0.662. The SMILES string of the molecule is C[C@H](CCC(=O)C(C)(C)O)[C@H]1CC[C@H]2C3=CC=C4C[C@](O)(CC(=O)O)C[C@H](CC(=O)O)[C@]4(C)[C@H]3CC[C@]12C. The van der Waals surface area contributed by atoms with E-state index < -0.39 is 28.6 Å². The van der Waals surface area contributed by atoms with Gasteiger partial charge < -0.3 is 20.4 Å². The van der Waals surface area contributed by atoms with Gasteiger partial charge in [0.1, 0.15) is 5.60 Å². The highest BCUT2D eigenvalue weighted by atomic mass is 16.4. The zero-order chi connectivity index (χ0) is 28.3. The second-order valence-corrected chi connectivity index (χ2v) is 13.9. The van der Waals surface area contributed by atoms with Crippen LogP contribution in [0.3, 0.4) is 0 Å². The molecular weight excluding hydrogens is 484 g/mol. The zero-order valence-corrected chi connectivity index (χ0v) is 23.6. The van der Waals surface area contributed by atoms with Gasteiger partial charge in [-0.3, -0.25) is 14.4 Å². The third-order valence-corrected chi connectivity index (χ3v) is 11.2. The van der Waals surface area contributed by atoms with Gasteiger partial charge in [0, 0.05) is 12.8 Å². The first kappa shape index (κ1) is 29.0. The van der Waals surface area contributed by atoms with E-state index in [2.05, 4.69) is 32.9 Å². The monoisotopic (exact) mass is 530 g/mol. The van der Waals surface area contributed by atoms with Crippen LogP contribution in [0.1, 0.15) is 98.8 Å². The van der Waals surface area contributed by atoms with Gasteiger partial charge in [-0.05, 0) is 99.2 Å². The number of carbonyl (C=O) groups is 3. The number of hydrogen-bond acceptors (Lipinski definition) is 5. The molecule has 0 amide bonds. The van der Waals surface area contributed by atoms with Crippen LogP contribution in [0.25, 0.3) is 0 Å². The number of carboxylic acids is 2. The first-order valence-electron chi connectivity index (χ1n) is 14.3. The molecule has 212 valence electrons. The number of carboxylic acid groups (broad SMARTS) is 2. The molecule has 7 nitrogen and oxygen atoms in total. The second kappa shape index (κ2) is 9.88. The summed E-state index contributed by atoms with van der Waals surface area (Å²) < 4.78 is 0. The molecule has 4 aliphatic rings. The van der Waals surface area contributed by atoms with Crippen molar-refractivity contribution in [2.45, 2.75) is 110 Å². The molecule has 0 bridgehead atoms. The number of Topliss-reactive ketones (excluding diaryl/α,β-unsaturated/α-hetero) is 1. The van der Waals surface area contributed by atoms with Crippen molar-refractivity contribution in [2.24, 2.45) is 40.4 Å². The van der Waals surface area contributed by atoms with Crippen LogP contribution in [-0.4, -0.2) is 49.4 Å². The molecule has 0 aliphatic heterocycles. The van der Waals surface area contributed by atoms with Crippen molar-refractivity contribution < 1.29 is 34.8 Å². The zero-order valence-electron chi connectivity index (χ0n) is 23.6. The topological polar surface area (TPSA) is 132 Å². The lowest BCUT2D eigenvalue weighted by atomic mass is 9.46. The van der Waals surface area contributed by atoms with Crippen molar-refractivity contribution in [3.8, 4) is 0 Å². The Morgan fingerprint density at radius 3 is 2.34 bits per heavy atom. The van der Waals surface area contributed by atoms with Crippen LogP contribution in [-0.2, 0) is 14.4 Å². The van der Waals surface area contributed by atoms with E-state index in [1.807, 2.05) is 0 Å². The van der Waals surface area contributed by atoms with Crippen molar-refractivity contribution in [3.05, 3.63) is 23.3 Å². The molecule has 4 aliphatic carbocycles. The van der Waals surface area contributed by atoms with Gasteiger partial charge in [0.05, 0.1) is 12.0 Å². The quantitative estimate of drug-likeness (QED) is 0.324. The van der Waals surface area contributed by atoms with E-state index in [0.29, 0.717) is 24.2 Å². The molecule has 8 atom stereocenters. The van der Waals surface area contributed by atoms with E-state index in [9.17, 15) is 34.8 Å². The lowest BCUT2D eigenvalue weighted by Gasteiger charge is -2.59. The molecule has 0 unspecified atom stereocenters. The normalized spacial score (nSPS) is 39.2. The highest BCUT2D eigenvalue weighted by Gasteiger charge is 2.60. The first-order valence-corrected chi connectivity index (χ1v) is 14.3. The Bertz CT molecular complexity index is 1050. The lowest BCUT2D eigenvalue weighted by Crippen LogP contribution is -2.54. The minimum Gasteiger partial charge on any atom is -0.481 e.